The quantitative estimate of drug-likeness (QED) is 0.552. The van der Waals surface area contributed by atoms with Crippen LogP contribution in [0.2, 0.25) is 0 Å². The number of hydrogen-bond acceptors (Lipinski definition) is 4. The number of hydrogen-bond donors (Lipinski definition) is 1. The molecule has 0 heterocycles. The summed E-state index contributed by atoms with van der Waals surface area (Å²) >= 11 is 0. The third-order valence-corrected chi connectivity index (χ3v) is 3.89. The lowest BCUT2D eigenvalue weighted by molar-refractivity contribution is -0.149. The molecule has 148 valence electrons. The predicted octanol–water partition coefficient (Wildman–Crippen LogP) is 4.38. The van der Waals surface area contributed by atoms with Crippen LogP contribution < -0.4 is 9.47 Å². The fourth-order valence-electron chi connectivity index (χ4n) is 2.51. The molecule has 1 N–H and O–H groups in total. The number of benzene rings is 2. The highest BCUT2D eigenvalue weighted by molar-refractivity contribution is 5.72. The number of carbonyl (C=O) groups is 1. The summed E-state index contributed by atoms with van der Waals surface area (Å²) in [7, 11) is 0. The van der Waals surface area contributed by atoms with Crippen LogP contribution >= 0.6 is 0 Å². The highest BCUT2D eigenvalue weighted by Gasteiger charge is 2.17. The van der Waals surface area contributed by atoms with Crippen LogP contribution in [-0.2, 0) is 16.0 Å². The van der Waals surface area contributed by atoms with Gasteiger partial charge in [-0.2, -0.15) is 0 Å². The molecule has 0 saturated heterocycles. The molecule has 2 aromatic rings. The summed E-state index contributed by atoms with van der Waals surface area (Å²) in [5.74, 6) is 0.584. The zero-order valence-corrected chi connectivity index (χ0v) is 16.0. The smallest absolute Gasteiger partial charge is 0.333 e. The van der Waals surface area contributed by atoms with Crippen molar-refractivity contribution in [2.45, 2.75) is 19.4 Å². The highest BCUT2D eigenvalue weighted by atomic mass is 16.5. The molecule has 1 atom stereocenters. The molecule has 5 nitrogen and oxygen atoms in total. The number of ether oxygens (including phenoxy) is 3. The van der Waals surface area contributed by atoms with E-state index in [1.165, 1.54) is 0 Å². The fraction of sp³-hybridized carbons (Fsp3) is 0.261. The van der Waals surface area contributed by atoms with Gasteiger partial charge in [0.2, 0.25) is 0 Å². The van der Waals surface area contributed by atoms with E-state index in [-0.39, 0.29) is 0 Å². The van der Waals surface area contributed by atoms with Gasteiger partial charge in [0.1, 0.15) is 24.7 Å². The molecule has 0 aliphatic carbocycles. The molecule has 2 rings (SSSR count). The monoisotopic (exact) mass is 382 g/mol. The minimum absolute atomic E-state index is 0.329. The zero-order valence-electron chi connectivity index (χ0n) is 16.0. The Labute approximate surface area is 165 Å². The van der Waals surface area contributed by atoms with E-state index < -0.39 is 12.1 Å². The number of aliphatic carboxylic acids is 1. The summed E-state index contributed by atoms with van der Waals surface area (Å²) < 4.78 is 16.4. The summed E-state index contributed by atoms with van der Waals surface area (Å²) in [5, 5.41) is 9.14. The maximum absolute atomic E-state index is 11.1. The normalized spacial score (nSPS) is 11.9. The minimum Gasteiger partial charge on any atom is -0.490 e. The topological polar surface area (TPSA) is 65.0 Å². The van der Waals surface area contributed by atoms with Gasteiger partial charge >= 0.3 is 5.97 Å². The number of carboxylic acids is 1. The van der Waals surface area contributed by atoms with E-state index in [1.807, 2.05) is 60.7 Å². The molecular weight excluding hydrogens is 356 g/mol. The van der Waals surface area contributed by atoms with Gasteiger partial charge in [0.25, 0.3) is 0 Å². The van der Waals surface area contributed by atoms with E-state index in [0.717, 1.165) is 22.6 Å². The molecule has 28 heavy (non-hydrogen) atoms. The summed E-state index contributed by atoms with van der Waals surface area (Å²) in [5.41, 5.74) is 1.95. The maximum atomic E-state index is 11.1. The molecular formula is C23H26O5. The van der Waals surface area contributed by atoms with E-state index in [4.69, 9.17) is 19.3 Å². The van der Waals surface area contributed by atoms with Gasteiger partial charge in [-0.15, -0.1) is 0 Å². The molecule has 0 unspecified atom stereocenters. The van der Waals surface area contributed by atoms with Crippen molar-refractivity contribution in [3.05, 3.63) is 78.4 Å². The van der Waals surface area contributed by atoms with Gasteiger partial charge in [-0.3, -0.25) is 0 Å². The second kappa shape index (κ2) is 11.6. The van der Waals surface area contributed by atoms with Crippen LogP contribution in [0.5, 0.6) is 11.5 Å². The lowest BCUT2D eigenvalue weighted by Gasteiger charge is -2.12. The van der Waals surface area contributed by atoms with Crippen molar-refractivity contribution in [3.63, 3.8) is 0 Å². The first-order valence-electron chi connectivity index (χ1n) is 9.18. The van der Waals surface area contributed by atoms with Crippen LogP contribution in [0.3, 0.4) is 0 Å². The third kappa shape index (κ3) is 7.29. The predicted molar refractivity (Wildman–Crippen MR) is 110 cm³/mol. The molecule has 0 spiro atoms. The van der Waals surface area contributed by atoms with Crippen molar-refractivity contribution < 1.29 is 24.1 Å². The Balaban J connectivity index is 1.80. The largest absolute Gasteiger partial charge is 0.490 e. The van der Waals surface area contributed by atoms with Crippen molar-refractivity contribution in [2.24, 2.45) is 0 Å². The number of rotatable bonds is 12. The summed E-state index contributed by atoms with van der Waals surface area (Å²) in [6.07, 6.45) is 5.12. The van der Waals surface area contributed by atoms with Crippen molar-refractivity contribution in [3.8, 4) is 11.5 Å². The Kier molecular flexibility index (Phi) is 8.82. The first-order chi connectivity index (χ1) is 13.6. The van der Waals surface area contributed by atoms with Gasteiger partial charge in [0, 0.05) is 13.0 Å². The molecule has 0 saturated carbocycles. The summed E-state index contributed by atoms with van der Waals surface area (Å²) in [6, 6.07) is 15.2. The fourth-order valence-corrected chi connectivity index (χ4v) is 2.51. The van der Waals surface area contributed by atoms with Crippen LogP contribution in [0.4, 0.5) is 0 Å². The minimum atomic E-state index is -0.951. The van der Waals surface area contributed by atoms with Crippen LogP contribution in [0, 0.1) is 0 Å². The van der Waals surface area contributed by atoms with Gasteiger partial charge in [0.05, 0.1) is 0 Å². The van der Waals surface area contributed by atoms with Crippen molar-refractivity contribution in [1.29, 1.82) is 0 Å². The van der Waals surface area contributed by atoms with Gasteiger partial charge < -0.3 is 19.3 Å². The van der Waals surface area contributed by atoms with E-state index in [2.05, 4.69) is 6.58 Å². The molecule has 0 amide bonds. The van der Waals surface area contributed by atoms with Crippen molar-refractivity contribution in [2.75, 3.05) is 19.8 Å². The molecule has 0 radical (unpaired) electrons. The molecule has 0 aliphatic heterocycles. The van der Waals surface area contributed by atoms with E-state index >= 15 is 0 Å². The first kappa shape index (κ1) is 21.3. The molecule has 5 heteroatoms. The van der Waals surface area contributed by atoms with E-state index in [9.17, 15) is 4.79 Å². The second-order valence-corrected chi connectivity index (χ2v) is 6.01. The Hall–Kier alpha value is -3.05. The Bertz CT molecular complexity index is 763. The van der Waals surface area contributed by atoms with Crippen molar-refractivity contribution in [1.82, 2.24) is 0 Å². The van der Waals surface area contributed by atoms with Crippen molar-refractivity contribution >= 4 is 12.0 Å². The van der Waals surface area contributed by atoms with Gasteiger partial charge in [-0.1, -0.05) is 43.0 Å². The standard InChI is InChI=1S/C23H26O5/c1-3-15-27-20-11-7-18(8-12-20)6-5-16-28-21-13-9-19(10-14-21)17-22(23(24)25)26-4-2/h3,5-14,22H,1,4,15-17H2,2H3,(H,24,25)/t22-/m0/s1. The summed E-state index contributed by atoms with van der Waals surface area (Å²) in [6.45, 7) is 6.70. The molecule has 2 aromatic carbocycles. The van der Waals surface area contributed by atoms with E-state index in [0.29, 0.717) is 26.2 Å². The Morgan fingerprint density at radius 3 is 2.21 bits per heavy atom. The second-order valence-electron chi connectivity index (χ2n) is 6.01. The Morgan fingerprint density at radius 1 is 1.04 bits per heavy atom. The maximum Gasteiger partial charge on any atom is 0.333 e. The van der Waals surface area contributed by atoms with Crippen LogP contribution in [0.25, 0.3) is 6.08 Å². The molecule has 0 aliphatic rings. The van der Waals surface area contributed by atoms with Gasteiger partial charge in [-0.25, -0.2) is 4.79 Å². The Morgan fingerprint density at radius 2 is 1.64 bits per heavy atom. The first-order valence-corrected chi connectivity index (χ1v) is 9.18. The molecule has 0 fully saturated rings. The lowest BCUT2D eigenvalue weighted by Crippen LogP contribution is -2.26. The lowest BCUT2D eigenvalue weighted by atomic mass is 10.1. The van der Waals surface area contributed by atoms with Crippen LogP contribution in [0.15, 0.2) is 67.3 Å². The van der Waals surface area contributed by atoms with E-state index in [1.54, 1.807) is 13.0 Å². The van der Waals surface area contributed by atoms with Gasteiger partial charge in [0.15, 0.2) is 6.10 Å². The highest BCUT2D eigenvalue weighted by Crippen LogP contribution is 2.16. The molecule has 0 bridgehead atoms. The average molecular weight is 382 g/mol. The summed E-state index contributed by atoms with van der Waals surface area (Å²) in [4.78, 5) is 11.1. The SMILES string of the molecule is C=CCOc1ccc(C=CCOc2ccc(C[C@H](OCC)C(=O)O)cc2)cc1. The van der Waals surface area contributed by atoms with Crippen LogP contribution in [0.1, 0.15) is 18.1 Å². The average Bonchev–Trinajstić information content (AvgIpc) is 2.71. The number of carboxylic acid groups (broad SMARTS) is 1. The third-order valence-electron chi connectivity index (χ3n) is 3.89. The van der Waals surface area contributed by atoms with Crippen LogP contribution in [-0.4, -0.2) is 37.0 Å². The zero-order chi connectivity index (χ0) is 20.2. The molecule has 0 aromatic heterocycles. The van der Waals surface area contributed by atoms with Gasteiger partial charge in [-0.05, 0) is 48.4 Å².